The van der Waals surface area contributed by atoms with Gasteiger partial charge in [0.2, 0.25) is 5.95 Å². The number of piperidine rings is 1. The number of hydrogen-bond donors (Lipinski definition) is 1. The lowest BCUT2D eigenvalue weighted by Crippen LogP contribution is -2.31. The van der Waals surface area contributed by atoms with Crippen LogP contribution in [0.5, 0.6) is 0 Å². The van der Waals surface area contributed by atoms with Crippen molar-refractivity contribution in [3.05, 3.63) is 36.0 Å². The fourth-order valence-corrected chi connectivity index (χ4v) is 2.31. The number of halogens is 2. The molecule has 110 valence electrons. The van der Waals surface area contributed by atoms with Crippen molar-refractivity contribution in [2.45, 2.75) is 19.3 Å². The van der Waals surface area contributed by atoms with Gasteiger partial charge in [-0.25, -0.2) is 8.78 Å². The van der Waals surface area contributed by atoms with Crippen LogP contribution >= 0.6 is 0 Å². The minimum Gasteiger partial charge on any atom is -0.339 e. The largest absolute Gasteiger partial charge is 0.339 e. The van der Waals surface area contributed by atoms with Crippen molar-refractivity contribution >= 4 is 17.5 Å². The van der Waals surface area contributed by atoms with Gasteiger partial charge in [-0.3, -0.25) is 0 Å². The van der Waals surface area contributed by atoms with Gasteiger partial charge in [-0.05, 0) is 31.4 Å². The van der Waals surface area contributed by atoms with Crippen molar-refractivity contribution in [2.75, 3.05) is 23.3 Å². The predicted molar refractivity (Wildman–Crippen MR) is 75.5 cm³/mol. The van der Waals surface area contributed by atoms with Gasteiger partial charge in [-0.15, -0.1) is 5.10 Å². The van der Waals surface area contributed by atoms with Crippen LogP contribution in [0.15, 0.2) is 24.4 Å². The summed E-state index contributed by atoms with van der Waals surface area (Å²) in [4.78, 5) is 6.39. The SMILES string of the molecule is Fc1ccc(Nc2cnnc(N3CCCCC3)n2)c(F)c1. The summed E-state index contributed by atoms with van der Waals surface area (Å²) in [5.41, 5.74) is 0.154. The van der Waals surface area contributed by atoms with E-state index in [9.17, 15) is 8.78 Å². The van der Waals surface area contributed by atoms with Crippen molar-refractivity contribution in [1.82, 2.24) is 15.2 Å². The molecule has 1 aliphatic heterocycles. The molecule has 21 heavy (non-hydrogen) atoms. The third-order valence-electron chi connectivity index (χ3n) is 3.38. The summed E-state index contributed by atoms with van der Waals surface area (Å²) < 4.78 is 26.5. The average molecular weight is 291 g/mol. The molecule has 0 spiro atoms. The Bertz CT molecular complexity index is 629. The summed E-state index contributed by atoms with van der Waals surface area (Å²) in [5, 5.41) is 10.7. The van der Waals surface area contributed by atoms with E-state index in [4.69, 9.17) is 0 Å². The second kappa shape index (κ2) is 5.99. The summed E-state index contributed by atoms with van der Waals surface area (Å²) in [5.74, 6) is -0.376. The molecule has 1 N–H and O–H groups in total. The van der Waals surface area contributed by atoms with E-state index in [-0.39, 0.29) is 5.69 Å². The van der Waals surface area contributed by atoms with E-state index >= 15 is 0 Å². The van der Waals surface area contributed by atoms with Gasteiger partial charge in [0.25, 0.3) is 0 Å². The summed E-state index contributed by atoms with van der Waals surface area (Å²) >= 11 is 0. The quantitative estimate of drug-likeness (QED) is 0.942. The molecule has 7 heteroatoms. The van der Waals surface area contributed by atoms with Crippen molar-refractivity contribution < 1.29 is 8.78 Å². The molecule has 1 saturated heterocycles. The van der Waals surface area contributed by atoms with Crippen LogP contribution in [0, 0.1) is 11.6 Å². The van der Waals surface area contributed by atoms with E-state index in [2.05, 4.69) is 25.4 Å². The number of anilines is 3. The molecular formula is C14H15F2N5. The molecule has 0 amide bonds. The highest BCUT2D eigenvalue weighted by atomic mass is 19.1. The van der Waals surface area contributed by atoms with Crippen molar-refractivity contribution in [2.24, 2.45) is 0 Å². The first kappa shape index (κ1) is 13.7. The first-order valence-electron chi connectivity index (χ1n) is 6.89. The Balaban J connectivity index is 1.79. The normalized spacial score (nSPS) is 15.0. The van der Waals surface area contributed by atoms with Gasteiger partial charge in [-0.2, -0.15) is 10.1 Å². The molecule has 0 radical (unpaired) electrons. The Morgan fingerprint density at radius 2 is 1.90 bits per heavy atom. The molecule has 3 rings (SSSR count). The fourth-order valence-electron chi connectivity index (χ4n) is 2.31. The van der Waals surface area contributed by atoms with E-state index in [1.54, 1.807) is 0 Å². The summed E-state index contributed by atoms with van der Waals surface area (Å²) in [7, 11) is 0. The molecule has 1 aliphatic rings. The lowest BCUT2D eigenvalue weighted by molar-refractivity contribution is 0.565. The van der Waals surface area contributed by atoms with Crippen LogP contribution in [-0.2, 0) is 0 Å². The number of benzene rings is 1. The third kappa shape index (κ3) is 3.24. The van der Waals surface area contributed by atoms with Crippen LogP contribution in [0.25, 0.3) is 0 Å². The molecule has 0 bridgehead atoms. The maximum absolute atomic E-state index is 13.6. The van der Waals surface area contributed by atoms with Gasteiger partial charge in [0, 0.05) is 19.2 Å². The van der Waals surface area contributed by atoms with Gasteiger partial charge >= 0.3 is 0 Å². The van der Waals surface area contributed by atoms with Crippen molar-refractivity contribution in [1.29, 1.82) is 0 Å². The Morgan fingerprint density at radius 1 is 1.10 bits per heavy atom. The van der Waals surface area contributed by atoms with E-state index in [0.717, 1.165) is 32.0 Å². The zero-order valence-electron chi connectivity index (χ0n) is 11.4. The zero-order valence-corrected chi connectivity index (χ0v) is 11.4. The van der Waals surface area contributed by atoms with E-state index in [0.29, 0.717) is 11.8 Å². The van der Waals surface area contributed by atoms with Crippen LogP contribution in [0.2, 0.25) is 0 Å². The standard InChI is InChI=1S/C14H15F2N5/c15-10-4-5-12(11(16)8-10)18-13-9-17-20-14(19-13)21-6-2-1-3-7-21/h4-5,8-9H,1-3,6-7H2,(H,18,19,20). The van der Waals surface area contributed by atoms with Gasteiger partial charge in [0.1, 0.15) is 11.6 Å². The second-order valence-electron chi connectivity index (χ2n) is 4.94. The molecule has 1 fully saturated rings. The molecular weight excluding hydrogens is 276 g/mol. The Morgan fingerprint density at radius 3 is 2.67 bits per heavy atom. The molecule has 1 aromatic carbocycles. The first-order valence-corrected chi connectivity index (χ1v) is 6.89. The first-order chi connectivity index (χ1) is 10.2. The maximum Gasteiger partial charge on any atom is 0.247 e. The van der Waals surface area contributed by atoms with Crippen molar-refractivity contribution in [3.63, 3.8) is 0 Å². The van der Waals surface area contributed by atoms with Crippen LogP contribution < -0.4 is 10.2 Å². The fraction of sp³-hybridized carbons (Fsp3) is 0.357. The van der Waals surface area contributed by atoms with Crippen molar-refractivity contribution in [3.8, 4) is 0 Å². The lowest BCUT2D eigenvalue weighted by atomic mass is 10.1. The Labute approximate surface area is 121 Å². The summed E-state index contributed by atoms with van der Waals surface area (Å²) in [6, 6.07) is 3.33. The minimum absolute atomic E-state index is 0.154. The number of hydrogen-bond acceptors (Lipinski definition) is 5. The minimum atomic E-state index is -0.673. The van der Waals surface area contributed by atoms with Crippen LogP contribution in [-0.4, -0.2) is 28.3 Å². The molecule has 0 aliphatic carbocycles. The van der Waals surface area contributed by atoms with Crippen LogP contribution in [0.3, 0.4) is 0 Å². The molecule has 0 atom stereocenters. The molecule has 2 aromatic rings. The van der Waals surface area contributed by atoms with Gasteiger partial charge in [-0.1, -0.05) is 0 Å². The van der Waals surface area contributed by atoms with Crippen LogP contribution in [0.1, 0.15) is 19.3 Å². The van der Waals surface area contributed by atoms with Gasteiger partial charge < -0.3 is 10.2 Å². The highest BCUT2D eigenvalue weighted by molar-refractivity contribution is 5.56. The monoisotopic (exact) mass is 291 g/mol. The van der Waals surface area contributed by atoms with E-state index in [1.165, 1.54) is 24.8 Å². The molecule has 0 saturated carbocycles. The number of aromatic nitrogens is 3. The van der Waals surface area contributed by atoms with E-state index in [1.807, 2.05) is 0 Å². The number of rotatable bonds is 3. The van der Waals surface area contributed by atoms with Crippen LogP contribution in [0.4, 0.5) is 26.2 Å². The highest BCUT2D eigenvalue weighted by Gasteiger charge is 2.14. The third-order valence-corrected chi connectivity index (χ3v) is 3.38. The second-order valence-corrected chi connectivity index (χ2v) is 4.94. The predicted octanol–water partition coefficient (Wildman–Crippen LogP) is 2.88. The topological polar surface area (TPSA) is 53.9 Å². The lowest BCUT2D eigenvalue weighted by Gasteiger charge is -2.26. The Kier molecular flexibility index (Phi) is 3.89. The summed E-state index contributed by atoms with van der Waals surface area (Å²) in [6.45, 7) is 1.80. The smallest absolute Gasteiger partial charge is 0.247 e. The maximum atomic E-state index is 13.6. The summed E-state index contributed by atoms with van der Waals surface area (Å²) in [6.07, 6.45) is 4.83. The van der Waals surface area contributed by atoms with Gasteiger partial charge in [0.15, 0.2) is 5.82 Å². The molecule has 0 unspecified atom stereocenters. The zero-order chi connectivity index (χ0) is 14.7. The Hall–Kier alpha value is -2.31. The number of nitrogens with zero attached hydrogens (tertiary/aromatic N) is 4. The molecule has 2 heterocycles. The molecule has 5 nitrogen and oxygen atoms in total. The molecule has 1 aromatic heterocycles. The van der Waals surface area contributed by atoms with E-state index < -0.39 is 11.6 Å². The van der Waals surface area contributed by atoms with Gasteiger partial charge in [0.05, 0.1) is 11.9 Å². The number of nitrogens with one attached hydrogen (secondary N) is 1. The highest BCUT2D eigenvalue weighted by Crippen LogP contribution is 2.21. The average Bonchev–Trinajstić information content (AvgIpc) is 2.51.